The highest BCUT2D eigenvalue weighted by Crippen LogP contribution is 2.19. The molecule has 1 amide bonds. The van der Waals surface area contributed by atoms with E-state index in [1.165, 1.54) is 4.90 Å². The number of para-hydroxylation sites is 1. The van der Waals surface area contributed by atoms with E-state index >= 15 is 0 Å². The largest absolute Gasteiger partial charge is 0.451 e. The second-order valence-corrected chi connectivity index (χ2v) is 4.30. The zero-order chi connectivity index (χ0) is 12.4. The number of fused-ring (bicyclic) bond motifs is 1. The molecular formula is C12H12N2O2S. The SMILES string of the molecule is CN(CC(N)=S)C(=O)c1cc2ccccc2o1. The normalized spacial score (nSPS) is 10.4. The second-order valence-electron chi connectivity index (χ2n) is 3.78. The van der Waals surface area contributed by atoms with Crippen molar-refractivity contribution in [2.45, 2.75) is 0 Å². The summed E-state index contributed by atoms with van der Waals surface area (Å²) in [6.07, 6.45) is 0. The van der Waals surface area contributed by atoms with E-state index in [1.54, 1.807) is 13.1 Å². The van der Waals surface area contributed by atoms with Gasteiger partial charge in [0.25, 0.3) is 5.91 Å². The molecule has 0 radical (unpaired) electrons. The highest BCUT2D eigenvalue weighted by Gasteiger charge is 2.16. The average molecular weight is 248 g/mol. The molecule has 2 rings (SSSR count). The first kappa shape index (κ1) is 11.6. The highest BCUT2D eigenvalue weighted by molar-refractivity contribution is 7.80. The highest BCUT2D eigenvalue weighted by atomic mass is 32.1. The van der Waals surface area contributed by atoms with Crippen LogP contribution in [0.5, 0.6) is 0 Å². The van der Waals surface area contributed by atoms with Gasteiger partial charge in [0.1, 0.15) is 5.58 Å². The molecule has 1 heterocycles. The molecule has 0 unspecified atom stereocenters. The van der Waals surface area contributed by atoms with Crippen molar-refractivity contribution < 1.29 is 9.21 Å². The van der Waals surface area contributed by atoms with Crippen molar-refractivity contribution in [1.29, 1.82) is 0 Å². The zero-order valence-electron chi connectivity index (χ0n) is 9.34. The Morgan fingerprint density at radius 1 is 1.47 bits per heavy atom. The molecule has 1 aromatic heterocycles. The number of furan rings is 1. The first-order valence-electron chi connectivity index (χ1n) is 5.10. The van der Waals surface area contributed by atoms with E-state index < -0.39 is 0 Å². The molecule has 0 saturated heterocycles. The fourth-order valence-corrected chi connectivity index (χ4v) is 1.77. The summed E-state index contributed by atoms with van der Waals surface area (Å²) in [4.78, 5) is 13.7. The molecule has 0 aliphatic rings. The quantitative estimate of drug-likeness (QED) is 0.841. The summed E-state index contributed by atoms with van der Waals surface area (Å²) < 4.78 is 5.46. The van der Waals surface area contributed by atoms with Crippen LogP contribution in [0.4, 0.5) is 0 Å². The number of benzene rings is 1. The van der Waals surface area contributed by atoms with Crippen molar-refractivity contribution in [2.24, 2.45) is 5.73 Å². The fourth-order valence-electron chi connectivity index (χ4n) is 1.58. The summed E-state index contributed by atoms with van der Waals surface area (Å²) in [5, 5.41) is 0.902. The number of hydrogen-bond acceptors (Lipinski definition) is 3. The Morgan fingerprint density at radius 2 is 2.18 bits per heavy atom. The van der Waals surface area contributed by atoms with Gasteiger partial charge >= 0.3 is 0 Å². The Kier molecular flexibility index (Phi) is 3.10. The molecular weight excluding hydrogens is 236 g/mol. The van der Waals surface area contributed by atoms with Crippen LogP contribution in [0.25, 0.3) is 11.0 Å². The average Bonchev–Trinajstić information content (AvgIpc) is 2.70. The molecule has 5 heteroatoms. The van der Waals surface area contributed by atoms with Crippen LogP contribution in [0.1, 0.15) is 10.6 Å². The maximum absolute atomic E-state index is 12.0. The number of carbonyl (C=O) groups is 1. The van der Waals surface area contributed by atoms with Gasteiger partial charge < -0.3 is 15.1 Å². The lowest BCUT2D eigenvalue weighted by molar-refractivity contribution is 0.0786. The first-order chi connectivity index (χ1) is 8.08. The number of likely N-dealkylation sites (N-methyl/N-ethyl adjacent to an activating group) is 1. The summed E-state index contributed by atoms with van der Waals surface area (Å²) in [6.45, 7) is 0.241. The standard InChI is InChI=1S/C12H12N2O2S/c1-14(7-11(13)17)12(15)10-6-8-4-2-3-5-9(8)16-10/h2-6H,7H2,1H3,(H2,13,17). The molecule has 0 fully saturated rings. The van der Waals surface area contributed by atoms with Gasteiger partial charge in [-0.2, -0.15) is 0 Å². The Bertz CT molecular complexity index is 544. The first-order valence-corrected chi connectivity index (χ1v) is 5.51. The summed E-state index contributed by atoms with van der Waals surface area (Å²) in [5.41, 5.74) is 6.09. The molecule has 2 aromatic rings. The maximum Gasteiger partial charge on any atom is 0.289 e. The third-order valence-corrected chi connectivity index (χ3v) is 2.51. The van der Waals surface area contributed by atoms with Gasteiger partial charge in [-0.25, -0.2) is 0 Å². The minimum absolute atomic E-state index is 0.228. The molecule has 0 atom stereocenters. The van der Waals surface area contributed by atoms with Crippen molar-refractivity contribution in [3.8, 4) is 0 Å². The van der Waals surface area contributed by atoms with Gasteiger partial charge in [-0.15, -0.1) is 0 Å². The lowest BCUT2D eigenvalue weighted by Gasteiger charge is -2.13. The smallest absolute Gasteiger partial charge is 0.289 e. The van der Waals surface area contributed by atoms with Gasteiger partial charge in [0.15, 0.2) is 5.76 Å². The van der Waals surface area contributed by atoms with E-state index in [9.17, 15) is 4.79 Å². The molecule has 2 N–H and O–H groups in total. The van der Waals surface area contributed by atoms with Gasteiger partial charge in [-0.05, 0) is 12.1 Å². The van der Waals surface area contributed by atoms with Crippen molar-refractivity contribution in [3.05, 3.63) is 36.1 Å². The lowest BCUT2D eigenvalue weighted by atomic mass is 10.2. The van der Waals surface area contributed by atoms with Crippen LogP contribution in [0.3, 0.4) is 0 Å². The summed E-state index contributed by atoms with van der Waals surface area (Å²) in [7, 11) is 1.63. The van der Waals surface area contributed by atoms with Crippen molar-refractivity contribution in [3.63, 3.8) is 0 Å². The van der Waals surface area contributed by atoms with Crippen molar-refractivity contribution in [2.75, 3.05) is 13.6 Å². The van der Waals surface area contributed by atoms with Crippen LogP contribution in [0, 0.1) is 0 Å². The van der Waals surface area contributed by atoms with E-state index in [0.29, 0.717) is 11.3 Å². The van der Waals surface area contributed by atoms with Gasteiger partial charge in [0.05, 0.1) is 11.5 Å². The zero-order valence-corrected chi connectivity index (χ0v) is 10.2. The summed E-state index contributed by atoms with van der Waals surface area (Å²) in [5.74, 6) is 0.0685. The number of thiocarbonyl (C=S) groups is 1. The molecule has 0 spiro atoms. The molecule has 17 heavy (non-hydrogen) atoms. The minimum atomic E-state index is -0.228. The van der Waals surface area contributed by atoms with E-state index in [1.807, 2.05) is 24.3 Å². The predicted octanol–water partition coefficient (Wildman–Crippen LogP) is 1.79. The van der Waals surface area contributed by atoms with E-state index in [0.717, 1.165) is 5.39 Å². The van der Waals surface area contributed by atoms with E-state index in [2.05, 4.69) is 0 Å². The molecule has 4 nitrogen and oxygen atoms in total. The summed E-state index contributed by atoms with van der Waals surface area (Å²) in [6, 6.07) is 9.18. The minimum Gasteiger partial charge on any atom is -0.451 e. The van der Waals surface area contributed by atoms with Crippen LogP contribution in [0.2, 0.25) is 0 Å². The molecule has 0 saturated carbocycles. The number of nitrogens with two attached hydrogens (primary N) is 1. The van der Waals surface area contributed by atoms with Gasteiger partial charge in [-0.3, -0.25) is 4.79 Å². The Hall–Kier alpha value is -1.88. The molecule has 88 valence electrons. The molecule has 0 bridgehead atoms. The number of amides is 1. The fraction of sp³-hybridized carbons (Fsp3) is 0.167. The van der Waals surface area contributed by atoms with Gasteiger partial charge in [0, 0.05) is 12.4 Å². The molecule has 0 aliphatic heterocycles. The number of carbonyl (C=O) groups excluding carboxylic acids is 1. The number of rotatable bonds is 3. The Labute approximate surface area is 104 Å². The Morgan fingerprint density at radius 3 is 2.82 bits per heavy atom. The van der Waals surface area contributed by atoms with Gasteiger partial charge in [0.2, 0.25) is 0 Å². The van der Waals surface area contributed by atoms with E-state index in [4.69, 9.17) is 22.4 Å². The van der Waals surface area contributed by atoms with Crippen LogP contribution < -0.4 is 5.73 Å². The third-order valence-electron chi connectivity index (χ3n) is 2.38. The van der Waals surface area contributed by atoms with Gasteiger partial charge in [-0.1, -0.05) is 30.4 Å². The second kappa shape index (κ2) is 4.55. The third kappa shape index (κ3) is 2.45. The van der Waals surface area contributed by atoms with Crippen LogP contribution in [0.15, 0.2) is 34.7 Å². The lowest BCUT2D eigenvalue weighted by Crippen LogP contribution is -2.34. The van der Waals surface area contributed by atoms with Crippen molar-refractivity contribution >= 4 is 34.1 Å². The van der Waals surface area contributed by atoms with Crippen LogP contribution in [-0.2, 0) is 0 Å². The molecule has 0 aliphatic carbocycles. The van der Waals surface area contributed by atoms with Crippen LogP contribution >= 0.6 is 12.2 Å². The van der Waals surface area contributed by atoms with Crippen LogP contribution in [-0.4, -0.2) is 29.4 Å². The predicted molar refractivity (Wildman–Crippen MR) is 70.0 cm³/mol. The number of hydrogen-bond donors (Lipinski definition) is 1. The van der Waals surface area contributed by atoms with Crippen molar-refractivity contribution in [1.82, 2.24) is 4.90 Å². The summed E-state index contributed by atoms with van der Waals surface area (Å²) >= 11 is 4.76. The maximum atomic E-state index is 12.0. The Balaban J connectivity index is 2.27. The number of nitrogens with zero attached hydrogens (tertiary/aromatic N) is 1. The topological polar surface area (TPSA) is 59.5 Å². The van der Waals surface area contributed by atoms with E-state index in [-0.39, 0.29) is 17.4 Å². The molecule has 1 aromatic carbocycles. The monoisotopic (exact) mass is 248 g/mol.